The number of H-pyrrole nitrogens is 1. The van der Waals surface area contributed by atoms with Crippen molar-refractivity contribution in [3.05, 3.63) is 31.5 Å². The van der Waals surface area contributed by atoms with E-state index in [1.165, 1.54) is 0 Å². The van der Waals surface area contributed by atoms with Crippen molar-refractivity contribution in [3.8, 4) is 0 Å². The summed E-state index contributed by atoms with van der Waals surface area (Å²) in [5, 5.41) is 0.737. The lowest BCUT2D eigenvalue weighted by molar-refractivity contribution is -0.127. The van der Waals surface area contributed by atoms with E-state index in [9.17, 15) is 14.4 Å². The lowest BCUT2D eigenvalue weighted by Gasteiger charge is -2.34. The zero-order valence-corrected chi connectivity index (χ0v) is 12.0. The minimum atomic E-state index is -0.769. The molecular formula is C15H19NO4. The molecule has 108 valence electrons. The first-order chi connectivity index (χ1) is 9.44. The van der Waals surface area contributed by atoms with Gasteiger partial charge in [-0.05, 0) is 18.8 Å². The number of aromatic amines is 1. The van der Waals surface area contributed by atoms with Gasteiger partial charge in [-0.15, -0.1) is 0 Å². The molecule has 1 aromatic heterocycles. The van der Waals surface area contributed by atoms with Gasteiger partial charge in [-0.1, -0.05) is 32.9 Å². The number of nitrogens with one attached hydrogen (secondary N) is 1. The van der Waals surface area contributed by atoms with Gasteiger partial charge >= 0.3 is 11.4 Å². The number of hydrogen-bond donors (Lipinski definition) is 1. The lowest BCUT2D eigenvalue weighted by atomic mass is 9.67. The molecule has 1 N–H and O–H groups in total. The Morgan fingerprint density at radius 2 is 2.10 bits per heavy atom. The van der Waals surface area contributed by atoms with Crippen LogP contribution in [0.1, 0.15) is 40.0 Å². The smallest absolute Gasteiger partial charge is 0.372 e. The van der Waals surface area contributed by atoms with Crippen molar-refractivity contribution in [1.29, 1.82) is 0 Å². The van der Waals surface area contributed by atoms with Gasteiger partial charge in [0.2, 0.25) is 0 Å². The number of Topliss-reactive ketones (excluding diaryl/α,β-unsaturated/α-hetero) is 1. The molecule has 1 heterocycles. The summed E-state index contributed by atoms with van der Waals surface area (Å²) in [6.07, 6.45) is 5.33. The van der Waals surface area contributed by atoms with Crippen LogP contribution >= 0.6 is 0 Å². The molecule has 0 bridgehead atoms. The van der Waals surface area contributed by atoms with Crippen molar-refractivity contribution < 1.29 is 9.21 Å². The molecule has 20 heavy (non-hydrogen) atoms. The summed E-state index contributed by atoms with van der Waals surface area (Å²) in [4.78, 5) is 38.0. The van der Waals surface area contributed by atoms with Crippen LogP contribution in [0.4, 0.5) is 0 Å². The van der Waals surface area contributed by atoms with Gasteiger partial charge in [0.05, 0.1) is 16.0 Å². The predicted molar refractivity (Wildman–Crippen MR) is 75.6 cm³/mol. The van der Waals surface area contributed by atoms with Gasteiger partial charge in [0.15, 0.2) is 0 Å². The number of carbonyl (C=O) groups is 1. The van der Waals surface area contributed by atoms with Crippen molar-refractivity contribution in [2.24, 2.45) is 11.3 Å². The van der Waals surface area contributed by atoms with Gasteiger partial charge in [0.25, 0.3) is 0 Å². The van der Waals surface area contributed by atoms with Gasteiger partial charge in [-0.2, -0.15) is 0 Å². The van der Waals surface area contributed by atoms with Crippen LogP contribution < -0.4 is 21.9 Å². The SMILES string of the molecule is CCCC(=O)C1(CC)C=c2c([nH]c(=O)oc2=O)=CC1C. The Morgan fingerprint density at radius 3 is 2.70 bits per heavy atom. The van der Waals surface area contributed by atoms with Gasteiger partial charge in [-0.3, -0.25) is 9.78 Å². The molecular weight excluding hydrogens is 258 g/mol. The van der Waals surface area contributed by atoms with E-state index in [1.807, 2.05) is 20.8 Å². The number of rotatable bonds is 4. The van der Waals surface area contributed by atoms with E-state index in [1.54, 1.807) is 12.2 Å². The summed E-state index contributed by atoms with van der Waals surface area (Å²) in [6.45, 7) is 5.83. The Kier molecular flexibility index (Phi) is 3.79. The van der Waals surface area contributed by atoms with E-state index in [4.69, 9.17) is 0 Å². The van der Waals surface area contributed by atoms with Gasteiger partial charge in [-0.25, -0.2) is 9.59 Å². The molecule has 0 aromatic carbocycles. The Hall–Kier alpha value is -1.91. The third-order valence-electron chi connectivity index (χ3n) is 4.14. The average molecular weight is 277 g/mol. The lowest BCUT2D eigenvalue weighted by Crippen LogP contribution is -2.52. The van der Waals surface area contributed by atoms with E-state index < -0.39 is 16.8 Å². The second-order valence-electron chi connectivity index (χ2n) is 5.30. The highest BCUT2D eigenvalue weighted by Gasteiger charge is 2.39. The minimum Gasteiger partial charge on any atom is -0.372 e. The van der Waals surface area contributed by atoms with E-state index in [0.717, 1.165) is 6.42 Å². The van der Waals surface area contributed by atoms with Crippen LogP contribution in [0.25, 0.3) is 12.2 Å². The molecule has 0 spiro atoms. The van der Waals surface area contributed by atoms with Crippen molar-refractivity contribution >= 4 is 17.9 Å². The van der Waals surface area contributed by atoms with Crippen LogP contribution in [0.2, 0.25) is 0 Å². The molecule has 0 amide bonds. The normalized spacial score (nSPS) is 24.4. The first-order valence-corrected chi connectivity index (χ1v) is 6.96. The van der Waals surface area contributed by atoms with Crippen LogP contribution in [0.15, 0.2) is 14.0 Å². The standard InChI is InChI=1S/C15H19NO4/c1-4-6-12(17)15(5-2)8-10-11(7-9(15)3)16-14(19)20-13(10)18/h7-9H,4-6H2,1-3H3,(H,16,19). The van der Waals surface area contributed by atoms with Gasteiger partial charge < -0.3 is 4.42 Å². The highest BCUT2D eigenvalue weighted by molar-refractivity contribution is 5.92. The molecule has 0 saturated carbocycles. The van der Waals surface area contributed by atoms with E-state index in [2.05, 4.69) is 9.40 Å². The van der Waals surface area contributed by atoms with Crippen LogP contribution in [-0.4, -0.2) is 10.8 Å². The van der Waals surface area contributed by atoms with Crippen LogP contribution in [-0.2, 0) is 4.79 Å². The molecule has 0 fully saturated rings. The predicted octanol–water partition coefficient (Wildman–Crippen LogP) is 0.304. The number of aromatic nitrogens is 1. The summed E-state index contributed by atoms with van der Waals surface area (Å²) >= 11 is 0. The summed E-state index contributed by atoms with van der Waals surface area (Å²) in [5.74, 6) is -0.714. The fourth-order valence-corrected chi connectivity index (χ4v) is 2.92. The quantitative estimate of drug-likeness (QED) is 0.858. The Labute approximate surface area is 116 Å². The molecule has 0 aliphatic heterocycles. The number of fused-ring (bicyclic) bond motifs is 1. The third kappa shape index (κ3) is 2.17. The Morgan fingerprint density at radius 1 is 1.40 bits per heavy atom. The molecule has 2 unspecified atom stereocenters. The fourth-order valence-electron chi connectivity index (χ4n) is 2.92. The second-order valence-corrected chi connectivity index (χ2v) is 5.30. The Balaban J connectivity index is 2.75. The number of hydrogen-bond acceptors (Lipinski definition) is 4. The van der Waals surface area contributed by atoms with E-state index >= 15 is 0 Å². The topological polar surface area (TPSA) is 80.1 Å². The number of carbonyl (C=O) groups excluding carboxylic acids is 1. The summed E-state index contributed by atoms with van der Waals surface area (Å²) in [7, 11) is 0. The van der Waals surface area contributed by atoms with Crippen molar-refractivity contribution in [2.45, 2.75) is 40.0 Å². The zero-order chi connectivity index (χ0) is 14.9. The average Bonchev–Trinajstić information content (AvgIpc) is 2.38. The summed E-state index contributed by atoms with van der Waals surface area (Å²) < 4.78 is 4.56. The molecule has 1 aliphatic rings. The molecule has 5 nitrogen and oxygen atoms in total. The van der Waals surface area contributed by atoms with Crippen molar-refractivity contribution in [2.75, 3.05) is 0 Å². The second kappa shape index (κ2) is 5.23. The summed E-state index contributed by atoms with van der Waals surface area (Å²) in [6, 6.07) is 0. The molecule has 2 atom stereocenters. The maximum atomic E-state index is 12.5. The van der Waals surface area contributed by atoms with Crippen molar-refractivity contribution in [3.63, 3.8) is 0 Å². The number of ketones is 1. The first-order valence-electron chi connectivity index (χ1n) is 6.96. The fraction of sp³-hybridized carbons (Fsp3) is 0.533. The molecule has 5 heteroatoms. The molecule has 1 aromatic rings. The van der Waals surface area contributed by atoms with Gasteiger partial charge in [0, 0.05) is 6.42 Å². The van der Waals surface area contributed by atoms with Crippen LogP contribution in [0, 0.1) is 11.3 Å². The van der Waals surface area contributed by atoms with E-state index in [0.29, 0.717) is 18.2 Å². The highest BCUT2D eigenvalue weighted by Crippen LogP contribution is 2.37. The largest absolute Gasteiger partial charge is 0.419 e. The maximum Gasteiger partial charge on any atom is 0.419 e. The van der Waals surface area contributed by atoms with Crippen LogP contribution in [0.3, 0.4) is 0 Å². The third-order valence-corrected chi connectivity index (χ3v) is 4.14. The first kappa shape index (κ1) is 14.5. The molecule has 0 saturated heterocycles. The molecule has 2 rings (SSSR count). The zero-order valence-electron chi connectivity index (χ0n) is 12.0. The Bertz CT molecular complexity index is 755. The molecule has 0 radical (unpaired) electrons. The van der Waals surface area contributed by atoms with Gasteiger partial charge in [0.1, 0.15) is 5.78 Å². The summed E-state index contributed by atoms with van der Waals surface area (Å²) in [5.41, 5.74) is -1.37. The maximum absolute atomic E-state index is 12.5. The molecule has 1 aliphatic carbocycles. The minimum absolute atomic E-state index is 0.0727. The highest BCUT2D eigenvalue weighted by atomic mass is 16.4. The van der Waals surface area contributed by atoms with E-state index in [-0.39, 0.29) is 16.9 Å². The van der Waals surface area contributed by atoms with Crippen LogP contribution in [0.5, 0.6) is 0 Å². The monoisotopic (exact) mass is 277 g/mol. The van der Waals surface area contributed by atoms with Crippen molar-refractivity contribution in [1.82, 2.24) is 4.98 Å².